The second-order valence-electron chi connectivity index (χ2n) is 5.40. The molecular formula is C14H20IN3O. The van der Waals surface area contributed by atoms with Gasteiger partial charge >= 0.3 is 0 Å². The summed E-state index contributed by atoms with van der Waals surface area (Å²) in [6, 6.07) is 8.05. The number of hydrazine groups is 1. The average molecular weight is 373 g/mol. The zero-order valence-corrected chi connectivity index (χ0v) is 13.4. The molecule has 0 spiro atoms. The Morgan fingerprint density at radius 1 is 1.47 bits per heavy atom. The van der Waals surface area contributed by atoms with Crippen molar-refractivity contribution in [2.45, 2.75) is 38.8 Å². The summed E-state index contributed by atoms with van der Waals surface area (Å²) in [5, 5.41) is 2.95. The van der Waals surface area contributed by atoms with E-state index in [4.69, 9.17) is 0 Å². The number of carbonyl (C=O) groups is 1. The van der Waals surface area contributed by atoms with Gasteiger partial charge in [-0.25, -0.2) is 5.43 Å². The van der Waals surface area contributed by atoms with E-state index in [1.807, 2.05) is 24.3 Å². The van der Waals surface area contributed by atoms with Gasteiger partial charge < -0.3 is 5.32 Å². The first-order chi connectivity index (χ1) is 9.04. The molecule has 1 aliphatic rings. The van der Waals surface area contributed by atoms with E-state index in [1.165, 1.54) is 0 Å². The van der Waals surface area contributed by atoms with Crippen molar-refractivity contribution in [3.63, 3.8) is 0 Å². The van der Waals surface area contributed by atoms with Gasteiger partial charge in [-0.3, -0.25) is 10.2 Å². The van der Waals surface area contributed by atoms with E-state index in [2.05, 4.69) is 52.6 Å². The third-order valence-electron chi connectivity index (χ3n) is 3.15. The second-order valence-corrected chi connectivity index (χ2v) is 6.65. The van der Waals surface area contributed by atoms with Crippen molar-refractivity contribution in [3.8, 4) is 0 Å². The molecule has 1 heterocycles. The van der Waals surface area contributed by atoms with Crippen LogP contribution in [-0.2, 0) is 4.79 Å². The fourth-order valence-electron chi connectivity index (χ4n) is 2.31. The number of hydrogen-bond donors (Lipinski definition) is 3. The molecular weight excluding hydrogens is 353 g/mol. The van der Waals surface area contributed by atoms with Crippen molar-refractivity contribution in [1.29, 1.82) is 0 Å². The Bertz CT molecular complexity index is 450. The van der Waals surface area contributed by atoms with Crippen molar-refractivity contribution in [2.24, 2.45) is 5.92 Å². The molecule has 2 rings (SSSR count). The molecule has 1 aromatic rings. The van der Waals surface area contributed by atoms with Gasteiger partial charge in [0.25, 0.3) is 0 Å². The van der Waals surface area contributed by atoms with Gasteiger partial charge in [-0.05, 0) is 59.5 Å². The number of benzene rings is 1. The average Bonchev–Trinajstić information content (AvgIpc) is 2.76. The Hall–Kier alpha value is -0.660. The zero-order chi connectivity index (χ0) is 13.8. The number of amides is 1. The van der Waals surface area contributed by atoms with E-state index < -0.39 is 0 Å². The van der Waals surface area contributed by atoms with Crippen LogP contribution in [0.3, 0.4) is 0 Å². The Labute approximate surface area is 127 Å². The van der Waals surface area contributed by atoms with Gasteiger partial charge in [-0.1, -0.05) is 19.9 Å². The van der Waals surface area contributed by atoms with E-state index in [9.17, 15) is 4.79 Å². The summed E-state index contributed by atoms with van der Waals surface area (Å²) in [5.74, 6) is 0.664. The fraction of sp³-hybridized carbons (Fsp3) is 0.500. The molecule has 3 N–H and O–H groups in total. The second kappa shape index (κ2) is 6.67. The predicted octanol–water partition coefficient (Wildman–Crippen LogP) is 2.51. The van der Waals surface area contributed by atoms with E-state index in [0.717, 1.165) is 22.1 Å². The first-order valence-corrected chi connectivity index (χ1v) is 7.70. The molecule has 2 atom stereocenters. The smallest absolute Gasteiger partial charge is 0.242 e. The van der Waals surface area contributed by atoms with E-state index >= 15 is 0 Å². The van der Waals surface area contributed by atoms with E-state index in [-0.39, 0.29) is 11.9 Å². The minimum absolute atomic E-state index is 0.0285. The predicted molar refractivity (Wildman–Crippen MR) is 85.7 cm³/mol. The quantitative estimate of drug-likeness (QED) is 0.711. The van der Waals surface area contributed by atoms with Crippen LogP contribution in [0.25, 0.3) is 0 Å². The minimum atomic E-state index is -0.151. The summed E-state index contributed by atoms with van der Waals surface area (Å²) in [4.78, 5) is 12.1. The molecule has 0 radical (unpaired) electrons. The van der Waals surface area contributed by atoms with Crippen LogP contribution in [0.5, 0.6) is 0 Å². The first kappa shape index (κ1) is 14.7. The summed E-state index contributed by atoms with van der Waals surface area (Å²) in [6.07, 6.45) is 1.92. The minimum Gasteiger partial charge on any atom is -0.325 e. The Morgan fingerprint density at radius 3 is 2.95 bits per heavy atom. The highest BCUT2D eigenvalue weighted by molar-refractivity contribution is 14.1. The highest BCUT2D eigenvalue weighted by atomic mass is 127. The summed E-state index contributed by atoms with van der Waals surface area (Å²) >= 11 is 2.24. The summed E-state index contributed by atoms with van der Waals surface area (Å²) in [6.45, 7) is 4.39. The molecule has 2 unspecified atom stereocenters. The van der Waals surface area contributed by atoms with Gasteiger partial charge in [0.05, 0.1) is 0 Å². The third-order valence-corrected chi connectivity index (χ3v) is 3.82. The molecule has 0 aliphatic carbocycles. The lowest BCUT2D eigenvalue weighted by Gasteiger charge is -2.12. The van der Waals surface area contributed by atoms with Crippen LogP contribution in [-0.4, -0.2) is 18.0 Å². The van der Waals surface area contributed by atoms with Crippen molar-refractivity contribution < 1.29 is 4.79 Å². The lowest BCUT2D eigenvalue weighted by Crippen LogP contribution is -2.40. The largest absolute Gasteiger partial charge is 0.325 e. The molecule has 19 heavy (non-hydrogen) atoms. The number of anilines is 1. The van der Waals surface area contributed by atoms with Crippen LogP contribution in [0, 0.1) is 9.49 Å². The van der Waals surface area contributed by atoms with Crippen LogP contribution < -0.4 is 16.2 Å². The Kier molecular flexibility index (Phi) is 5.18. The highest BCUT2D eigenvalue weighted by Crippen LogP contribution is 2.16. The zero-order valence-electron chi connectivity index (χ0n) is 11.2. The number of carbonyl (C=O) groups excluding carboxylic acids is 1. The Morgan fingerprint density at radius 2 is 2.26 bits per heavy atom. The van der Waals surface area contributed by atoms with E-state index in [0.29, 0.717) is 12.0 Å². The molecule has 1 aliphatic heterocycles. The third kappa shape index (κ3) is 4.43. The molecule has 1 fully saturated rings. The Balaban J connectivity index is 1.88. The number of halogens is 1. The number of rotatable bonds is 4. The molecule has 104 valence electrons. The van der Waals surface area contributed by atoms with Crippen molar-refractivity contribution in [3.05, 3.63) is 27.8 Å². The lowest BCUT2D eigenvalue weighted by atomic mass is 10.00. The molecule has 5 heteroatoms. The highest BCUT2D eigenvalue weighted by Gasteiger charge is 2.29. The van der Waals surface area contributed by atoms with Crippen LogP contribution in [0.15, 0.2) is 24.3 Å². The maximum atomic E-state index is 12.1. The SMILES string of the molecule is CC(C)CC1CC(C(=O)Nc2cccc(I)c2)NN1. The van der Waals surface area contributed by atoms with Crippen LogP contribution in [0.2, 0.25) is 0 Å². The maximum Gasteiger partial charge on any atom is 0.242 e. The normalized spacial score (nSPS) is 22.7. The summed E-state index contributed by atoms with van der Waals surface area (Å²) < 4.78 is 1.12. The van der Waals surface area contributed by atoms with Crippen LogP contribution >= 0.6 is 22.6 Å². The van der Waals surface area contributed by atoms with Gasteiger partial charge in [-0.15, -0.1) is 0 Å². The molecule has 4 nitrogen and oxygen atoms in total. The van der Waals surface area contributed by atoms with Crippen molar-refractivity contribution >= 4 is 34.2 Å². The van der Waals surface area contributed by atoms with Gasteiger partial charge in [0.2, 0.25) is 5.91 Å². The number of nitrogens with one attached hydrogen (secondary N) is 3. The summed E-state index contributed by atoms with van der Waals surface area (Å²) in [5.41, 5.74) is 7.14. The monoisotopic (exact) mass is 373 g/mol. The standard InChI is InChI=1S/C14H20IN3O/c1-9(2)6-12-8-13(18-17-12)14(19)16-11-5-3-4-10(15)7-11/h3-5,7,9,12-13,17-18H,6,8H2,1-2H3,(H,16,19). The molecule has 1 aromatic carbocycles. The molecule has 0 saturated carbocycles. The van der Waals surface area contributed by atoms with Gasteiger partial charge in [-0.2, -0.15) is 0 Å². The van der Waals surface area contributed by atoms with Crippen molar-refractivity contribution in [1.82, 2.24) is 10.9 Å². The molecule has 1 amide bonds. The topological polar surface area (TPSA) is 53.2 Å². The molecule has 0 bridgehead atoms. The number of hydrogen-bond acceptors (Lipinski definition) is 3. The molecule has 1 saturated heterocycles. The fourth-order valence-corrected chi connectivity index (χ4v) is 2.86. The van der Waals surface area contributed by atoms with Crippen LogP contribution in [0.1, 0.15) is 26.7 Å². The molecule has 0 aromatic heterocycles. The van der Waals surface area contributed by atoms with Gasteiger partial charge in [0.1, 0.15) is 6.04 Å². The van der Waals surface area contributed by atoms with E-state index in [1.54, 1.807) is 0 Å². The lowest BCUT2D eigenvalue weighted by molar-refractivity contribution is -0.117. The van der Waals surface area contributed by atoms with Crippen LogP contribution in [0.4, 0.5) is 5.69 Å². The maximum absolute atomic E-state index is 12.1. The first-order valence-electron chi connectivity index (χ1n) is 6.62. The van der Waals surface area contributed by atoms with Gasteiger partial charge in [0, 0.05) is 15.3 Å². The van der Waals surface area contributed by atoms with Gasteiger partial charge in [0.15, 0.2) is 0 Å². The van der Waals surface area contributed by atoms with Crippen molar-refractivity contribution in [2.75, 3.05) is 5.32 Å². The summed E-state index contributed by atoms with van der Waals surface area (Å²) in [7, 11) is 0.